The highest BCUT2D eigenvalue weighted by Gasteiger charge is 2.27. The van der Waals surface area contributed by atoms with Crippen LogP contribution in [-0.2, 0) is 0 Å². The van der Waals surface area contributed by atoms with Gasteiger partial charge in [-0.25, -0.2) is 4.98 Å². The summed E-state index contributed by atoms with van der Waals surface area (Å²) in [6, 6.07) is 15.1. The van der Waals surface area contributed by atoms with E-state index in [-0.39, 0.29) is 5.91 Å². The lowest BCUT2D eigenvalue weighted by Gasteiger charge is -2.31. The number of nitrogens with zero attached hydrogens (tertiary/aromatic N) is 4. The van der Waals surface area contributed by atoms with Gasteiger partial charge in [-0.2, -0.15) is 10.2 Å². The molecule has 1 aliphatic rings. The van der Waals surface area contributed by atoms with Crippen molar-refractivity contribution in [2.75, 3.05) is 19.7 Å². The summed E-state index contributed by atoms with van der Waals surface area (Å²) < 4.78 is 11.6. The zero-order valence-electron chi connectivity index (χ0n) is 17.8. The van der Waals surface area contributed by atoms with Gasteiger partial charge in [0, 0.05) is 25.1 Å². The van der Waals surface area contributed by atoms with E-state index in [0.29, 0.717) is 48.6 Å². The van der Waals surface area contributed by atoms with E-state index in [1.807, 2.05) is 61.2 Å². The molecule has 0 bridgehead atoms. The largest absolute Gasteiger partial charge is 0.490 e. The van der Waals surface area contributed by atoms with Gasteiger partial charge < -0.3 is 14.4 Å². The number of rotatable bonds is 6. The van der Waals surface area contributed by atoms with Gasteiger partial charge in [0.1, 0.15) is 11.4 Å². The molecule has 0 saturated carbocycles. The standard InChI is InChI=1S/C24H26N4O3/c1-3-30-22-15-21(25-16-23(22)31-19-7-5-4-6-8-19)24(29)28-13-11-18(12-14-28)20-10-9-17(2)26-27-20/h4-10,15-16,18H,3,11-14H2,1-2H3. The van der Waals surface area contributed by atoms with Gasteiger partial charge in [0.25, 0.3) is 5.91 Å². The molecular weight excluding hydrogens is 392 g/mol. The Balaban J connectivity index is 1.44. The number of carbonyl (C=O) groups is 1. The smallest absolute Gasteiger partial charge is 0.272 e. The van der Waals surface area contributed by atoms with E-state index >= 15 is 0 Å². The van der Waals surface area contributed by atoms with Gasteiger partial charge >= 0.3 is 0 Å². The highest BCUT2D eigenvalue weighted by atomic mass is 16.5. The van der Waals surface area contributed by atoms with E-state index in [0.717, 1.165) is 24.2 Å². The van der Waals surface area contributed by atoms with Crippen LogP contribution in [0.3, 0.4) is 0 Å². The lowest BCUT2D eigenvalue weighted by atomic mass is 9.93. The minimum Gasteiger partial charge on any atom is -0.490 e. The van der Waals surface area contributed by atoms with E-state index in [4.69, 9.17) is 9.47 Å². The second kappa shape index (κ2) is 9.55. The Bertz CT molecular complexity index is 1020. The summed E-state index contributed by atoms with van der Waals surface area (Å²) in [6.07, 6.45) is 3.27. The molecule has 0 atom stereocenters. The van der Waals surface area contributed by atoms with E-state index in [2.05, 4.69) is 15.2 Å². The van der Waals surface area contributed by atoms with Crippen molar-refractivity contribution in [1.29, 1.82) is 0 Å². The molecule has 1 aliphatic heterocycles. The molecule has 2 aromatic heterocycles. The molecular formula is C24H26N4O3. The number of hydrogen-bond acceptors (Lipinski definition) is 6. The van der Waals surface area contributed by atoms with Crippen LogP contribution in [0.2, 0.25) is 0 Å². The molecule has 4 rings (SSSR count). The first-order valence-corrected chi connectivity index (χ1v) is 10.6. The number of ether oxygens (including phenoxy) is 2. The van der Waals surface area contributed by atoms with Gasteiger partial charge in [-0.1, -0.05) is 18.2 Å². The third-order valence-electron chi connectivity index (χ3n) is 5.34. The molecule has 7 heteroatoms. The summed E-state index contributed by atoms with van der Waals surface area (Å²) >= 11 is 0. The molecule has 7 nitrogen and oxygen atoms in total. The van der Waals surface area contributed by atoms with E-state index < -0.39 is 0 Å². The number of pyridine rings is 1. The molecule has 0 radical (unpaired) electrons. The molecule has 0 aliphatic carbocycles. The van der Waals surface area contributed by atoms with Gasteiger partial charge in [0.2, 0.25) is 0 Å². The van der Waals surface area contributed by atoms with Crippen LogP contribution in [0.1, 0.15) is 47.6 Å². The summed E-state index contributed by atoms with van der Waals surface area (Å²) in [4.78, 5) is 19.3. The number of aromatic nitrogens is 3. The first kappa shape index (κ1) is 20.8. The Labute approximate surface area is 182 Å². The number of para-hydroxylation sites is 1. The van der Waals surface area contributed by atoms with Crippen molar-refractivity contribution in [3.05, 3.63) is 71.8 Å². The van der Waals surface area contributed by atoms with Crippen molar-refractivity contribution in [2.45, 2.75) is 32.6 Å². The van der Waals surface area contributed by atoms with Crippen molar-refractivity contribution in [3.8, 4) is 17.2 Å². The topological polar surface area (TPSA) is 77.4 Å². The molecule has 1 amide bonds. The first-order valence-electron chi connectivity index (χ1n) is 10.6. The highest BCUT2D eigenvalue weighted by molar-refractivity contribution is 5.93. The Hall–Kier alpha value is -3.48. The summed E-state index contributed by atoms with van der Waals surface area (Å²) in [5.41, 5.74) is 2.27. The van der Waals surface area contributed by atoms with Crippen molar-refractivity contribution >= 4 is 5.91 Å². The van der Waals surface area contributed by atoms with E-state index in [1.54, 1.807) is 12.3 Å². The summed E-state index contributed by atoms with van der Waals surface area (Å²) in [5.74, 6) is 1.91. The number of hydrogen-bond donors (Lipinski definition) is 0. The number of aryl methyl sites for hydroxylation is 1. The molecule has 3 aromatic rings. The van der Waals surface area contributed by atoms with Crippen LogP contribution in [0.5, 0.6) is 17.2 Å². The molecule has 160 valence electrons. The monoisotopic (exact) mass is 418 g/mol. The minimum atomic E-state index is -0.0966. The van der Waals surface area contributed by atoms with Crippen LogP contribution in [0.4, 0.5) is 0 Å². The molecule has 1 saturated heterocycles. The number of carbonyl (C=O) groups excluding carboxylic acids is 1. The average Bonchev–Trinajstić information content (AvgIpc) is 2.81. The van der Waals surface area contributed by atoms with Gasteiger partial charge in [-0.3, -0.25) is 4.79 Å². The molecule has 1 fully saturated rings. The van der Waals surface area contributed by atoms with E-state index in [9.17, 15) is 4.79 Å². The maximum Gasteiger partial charge on any atom is 0.272 e. The van der Waals surface area contributed by atoms with Crippen molar-refractivity contribution in [3.63, 3.8) is 0 Å². The fourth-order valence-corrected chi connectivity index (χ4v) is 3.67. The quantitative estimate of drug-likeness (QED) is 0.591. The summed E-state index contributed by atoms with van der Waals surface area (Å²) in [6.45, 7) is 5.61. The Morgan fingerprint density at radius 1 is 1.06 bits per heavy atom. The fraction of sp³-hybridized carbons (Fsp3) is 0.333. The Morgan fingerprint density at radius 2 is 1.84 bits per heavy atom. The third kappa shape index (κ3) is 4.99. The molecule has 0 unspecified atom stereocenters. The second-order valence-corrected chi connectivity index (χ2v) is 7.53. The number of amides is 1. The summed E-state index contributed by atoms with van der Waals surface area (Å²) in [5, 5.41) is 8.46. The SMILES string of the molecule is CCOc1cc(C(=O)N2CCC(c3ccc(C)nn3)CC2)ncc1Oc1ccccc1. The van der Waals surface area contributed by atoms with Crippen molar-refractivity contribution < 1.29 is 14.3 Å². The number of benzene rings is 1. The molecule has 31 heavy (non-hydrogen) atoms. The Kier molecular flexibility index (Phi) is 6.40. The van der Waals surface area contributed by atoms with Crippen LogP contribution < -0.4 is 9.47 Å². The van der Waals surface area contributed by atoms with E-state index in [1.165, 1.54) is 0 Å². The predicted octanol–water partition coefficient (Wildman–Crippen LogP) is 4.39. The van der Waals surface area contributed by atoms with Crippen LogP contribution in [0.25, 0.3) is 0 Å². The molecule has 0 N–H and O–H groups in total. The first-order chi connectivity index (χ1) is 15.1. The van der Waals surface area contributed by atoms with Crippen molar-refractivity contribution in [2.24, 2.45) is 0 Å². The predicted molar refractivity (Wildman–Crippen MR) is 117 cm³/mol. The zero-order chi connectivity index (χ0) is 21.6. The molecule has 0 spiro atoms. The minimum absolute atomic E-state index is 0.0966. The third-order valence-corrected chi connectivity index (χ3v) is 5.34. The normalized spacial score (nSPS) is 14.3. The van der Waals surface area contributed by atoms with Crippen LogP contribution in [0.15, 0.2) is 54.7 Å². The molecule has 3 heterocycles. The van der Waals surface area contributed by atoms with Gasteiger partial charge in [-0.15, -0.1) is 0 Å². The van der Waals surface area contributed by atoms with Crippen molar-refractivity contribution in [1.82, 2.24) is 20.1 Å². The number of piperidine rings is 1. The van der Waals surface area contributed by atoms with Crippen LogP contribution >= 0.6 is 0 Å². The second-order valence-electron chi connectivity index (χ2n) is 7.53. The number of likely N-dealkylation sites (tertiary alicyclic amines) is 1. The Morgan fingerprint density at radius 3 is 2.52 bits per heavy atom. The maximum atomic E-state index is 13.1. The maximum absolute atomic E-state index is 13.1. The van der Waals surface area contributed by atoms with Gasteiger partial charge in [0.05, 0.1) is 24.2 Å². The van der Waals surface area contributed by atoms with Crippen LogP contribution in [-0.4, -0.2) is 45.7 Å². The lowest BCUT2D eigenvalue weighted by Crippen LogP contribution is -2.38. The molecule has 1 aromatic carbocycles. The highest BCUT2D eigenvalue weighted by Crippen LogP contribution is 2.32. The summed E-state index contributed by atoms with van der Waals surface area (Å²) in [7, 11) is 0. The zero-order valence-corrected chi connectivity index (χ0v) is 17.8. The fourth-order valence-electron chi connectivity index (χ4n) is 3.67. The lowest BCUT2D eigenvalue weighted by molar-refractivity contribution is 0.0705. The van der Waals surface area contributed by atoms with Crippen LogP contribution in [0, 0.1) is 6.92 Å². The van der Waals surface area contributed by atoms with Gasteiger partial charge in [-0.05, 0) is 51.0 Å². The van der Waals surface area contributed by atoms with Gasteiger partial charge in [0.15, 0.2) is 11.5 Å². The average molecular weight is 418 g/mol.